The molecule has 0 radical (unpaired) electrons. The van der Waals surface area contributed by atoms with E-state index >= 15 is 0 Å². The van der Waals surface area contributed by atoms with E-state index in [1.54, 1.807) is 6.07 Å². The first kappa shape index (κ1) is 18.9. The number of rotatable bonds is 4. The van der Waals surface area contributed by atoms with Crippen LogP contribution in [0.1, 0.15) is 22.4 Å². The summed E-state index contributed by atoms with van der Waals surface area (Å²) in [4.78, 5) is 19.1. The second kappa shape index (κ2) is 8.31. The van der Waals surface area contributed by atoms with Gasteiger partial charge in [0.15, 0.2) is 5.13 Å². The molecular formula is C21H21ClN4OS. The van der Waals surface area contributed by atoms with E-state index in [-0.39, 0.29) is 6.03 Å². The monoisotopic (exact) mass is 412 g/mol. The molecule has 0 bridgehead atoms. The Morgan fingerprint density at radius 1 is 1.21 bits per heavy atom. The van der Waals surface area contributed by atoms with Gasteiger partial charge in [0.05, 0.1) is 5.69 Å². The lowest BCUT2D eigenvalue weighted by atomic mass is 10.00. The van der Waals surface area contributed by atoms with Gasteiger partial charge in [0.2, 0.25) is 0 Å². The molecule has 0 saturated carbocycles. The standard InChI is InChI=1S/C21H21ClN4OS/c1-14-6-7-17(10-19(14)22)23-20(27)25-21-24-18(13-28-21)12-26-9-8-15-4-2-3-5-16(15)11-26/h2-7,10,13H,8-9,11-12H2,1H3,(H2,23,24,25,27). The number of aryl methyl sites for hydroxylation is 1. The van der Waals surface area contributed by atoms with Gasteiger partial charge in [-0.3, -0.25) is 10.2 Å². The maximum Gasteiger partial charge on any atom is 0.325 e. The molecule has 2 N–H and O–H groups in total. The molecule has 2 aromatic carbocycles. The van der Waals surface area contributed by atoms with Gasteiger partial charge in [-0.1, -0.05) is 41.9 Å². The SMILES string of the molecule is Cc1ccc(NC(=O)Nc2nc(CN3CCc4ccccc4C3)cs2)cc1Cl. The minimum Gasteiger partial charge on any atom is -0.308 e. The van der Waals surface area contributed by atoms with E-state index in [0.29, 0.717) is 15.8 Å². The number of nitrogens with one attached hydrogen (secondary N) is 2. The third-order valence-electron chi connectivity index (χ3n) is 4.80. The summed E-state index contributed by atoms with van der Waals surface area (Å²) in [7, 11) is 0. The maximum absolute atomic E-state index is 12.2. The molecule has 0 atom stereocenters. The summed E-state index contributed by atoms with van der Waals surface area (Å²) in [6, 6.07) is 13.7. The van der Waals surface area contributed by atoms with Gasteiger partial charge >= 0.3 is 6.03 Å². The zero-order valence-corrected chi connectivity index (χ0v) is 17.1. The maximum atomic E-state index is 12.2. The van der Waals surface area contributed by atoms with Crippen LogP contribution in [0.3, 0.4) is 0 Å². The smallest absolute Gasteiger partial charge is 0.308 e. The van der Waals surface area contributed by atoms with Crippen molar-refractivity contribution in [3.05, 3.63) is 75.3 Å². The Bertz CT molecular complexity index is 1000. The van der Waals surface area contributed by atoms with E-state index in [1.165, 1.54) is 22.5 Å². The number of fused-ring (bicyclic) bond motifs is 1. The van der Waals surface area contributed by atoms with Gasteiger partial charge in [0, 0.05) is 35.7 Å². The molecule has 0 spiro atoms. The lowest BCUT2D eigenvalue weighted by molar-refractivity contribution is 0.243. The highest BCUT2D eigenvalue weighted by Gasteiger charge is 2.17. The highest BCUT2D eigenvalue weighted by Crippen LogP contribution is 2.23. The van der Waals surface area contributed by atoms with E-state index in [1.807, 2.05) is 24.4 Å². The average molecular weight is 413 g/mol. The molecule has 1 aliphatic rings. The van der Waals surface area contributed by atoms with Crippen molar-refractivity contribution in [3.8, 4) is 0 Å². The van der Waals surface area contributed by atoms with Crippen molar-refractivity contribution in [2.45, 2.75) is 26.4 Å². The summed E-state index contributed by atoms with van der Waals surface area (Å²) < 4.78 is 0. The Labute approximate surface area is 173 Å². The van der Waals surface area contributed by atoms with Crippen LogP contribution in [0.2, 0.25) is 5.02 Å². The minimum absolute atomic E-state index is 0.326. The molecule has 28 heavy (non-hydrogen) atoms. The van der Waals surface area contributed by atoms with Crippen LogP contribution in [0.5, 0.6) is 0 Å². The van der Waals surface area contributed by atoms with Gasteiger partial charge in [0.25, 0.3) is 0 Å². The van der Waals surface area contributed by atoms with Crippen molar-refractivity contribution in [2.24, 2.45) is 0 Å². The minimum atomic E-state index is -0.326. The van der Waals surface area contributed by atoms with Gasteiger partial charge in [-0.15, -0.1) is 11.3 Å². The molecule has 5 nitrogen and oxygen atoms in total. The lowest BCUT2D eigenvalue weighted by Crippen LogP contribution is -2.30. The zero-order valence-electron chi connectivity index (χ0n) is 15.5. The van der Waals surface area contributed by atoms with Crippen molar-refractivity contribution < 1.29 is 4.79 Å². The molecule has 3 aromatic rings. The fraction of sp³-hybridized carbons (Fsp3) is 0.238. The average Bonchev–Trinajstić information content (AvgIpc) is 3.11. The Hall–Kier alpha value is -2.41. The molecule has 0 unspecified atom stereocenters. The molecule has 1 aliphatic heterocycles. The summed E-state index contributed by atoms with van der Waals surface area (Å²) in [5.74, 6) is 0. The third-order valence-corrected chi connectivity index (χ3v) is 6.01. The normalized spacial score (nSPS) is 13.8. The van der Waals surface area contributed by atoms with Crippen LogP contribution in [0, 0.1) is 6.92 Å². The van der Waals surface area contributed by atoms with E-state index in [9.17, 15) is 4.79 Å². The highest BCUT2D eigenvalue weighted by atomic mass is 35.5. The van der Waals surface area contributed by atoms with Gasteiger partial charge in [0.1, 0.15) is 0 Å². The van der Waals surface area contributed by atoms with E-state index in [4.69, 9.17) is 11.6 Å². The van der Waals surface area contributed by atoms with E-state index in [2.05, 4.69) is 44.8 Å². The quantitative estimate of drug-likeness (QED) is 0.610. The molecule has 144 valence electrons. The Kier molecular flexibility index (Phi) is 5.62. The topological polar surface area (TPSA) is 57.3 Å². The Morgan fingerprint density at radius 2 is 2.04 bits per heavy atom. The summed E-state index contributed by atoms with van der Waals surface area (Å²) in [6.45, 7) is 4.66. The Balaban J connectivity index is 1.33. The number of urea groups is 1. The number of hydrogen-bond acceptors (Lipinski definition) is 4. The zero-order chi connectivity index (χ0) is 19.5. The van der Waals surface area contributed by atoms with Crippen LogP contribution in [0.15, 0.2) is 47.8 Å². The van der Waals surface area contributed by atoms with E-state index < -0.39 is 0 Å². The molecule has 0 fully saturated rings. The predicted octanol–water partition coefficient (Wildman–Crippen LogP) is 5.31. The van der Waals surface area contributed by atoms with Crippen LogP contribution in [0.25, 0.3) is 0 Å². The van der Waals surface area contributed by atoms with Gasteiger partial charge in [-0.25, -0.2) is 9.78 Å². The second-order valence-corrected chi connectivity index (χ2v) is 8.18. The molecule has 2 amide bonds. The van der Waals surface area contributed by atoms with Gasteiger partial charge < -0.3 is 5.32 Å². The summed E-state index contributed by atoms with van der Waals surface area (Å²) in [6.07, 6.45) is 1.06. The van der Waals surface area contributed by atoms with Gasteiger partial charge in [-0.05, 0) is 42.2 Å². The number of thiazole rings is 1. The Morgan fingerprint density at radius 3 is 2.86 bits per heavy atom. The van der Waals surface area contributed by atoms with Crippen molar-refractivity contribution in [3.63, 3.8) is 0 Å². The number of aromatic nitrogens is 1. The fourth-order valence-corrected chi connectivity index (χ4v) is 4.16. The van der Waals surface area contributed by atoms with Crippen LogP contribution in [-0.2, 0) is 19.5 Å². The highest BCUT2D eigenvalue weighted by molar-refractivity contribution is 7.13. The summed E-state index contributed by atoms with van der Waals surface area (Å²) >= 11 is 7.53. The number of carbonyl (C=O) groups is 1. The van der Waals surface area contributed by atoms with Crippen LogP contribution in [0.4, 0.5) is 15.6 Å². The fourth-order valence-electron chi connectivity index (χ4n) is 3.29. The number of benzene rings is 2. The van der Waals surface area contributed by atoms with E-state index in [0.717, 1.165) is 37.3 Å². The summed E-state index contributed by atoms with van der Waals surface area (Å²) in [5.41, 5.74) is 5.41. The number of carbonyl (C=O) groups excluding carboxylic acids is 1. The predicted molar refractivity (Wildman–Crippen MR) is 115 cm³/mol. The first-order chi connectivity index (χ1) is 13.6. The third kappa shape index (κ3) is 4.52. The van der Waals surface area contributed by atoms with Crippen molar-refractivity contribution >= 4 is 39.8 Å². The summed E-state index contributed by atoms with van der Waals surface area (Å²) in [5, 5.41) is 8.78. The van der Waals surface area contributed by atoms with Crippen molar-refractivity contribution in [1.82, 2.24) is 9.88 Å². The molecule has 4 rings (SSSR count). The number of nitrogens with zero attached hydrogens (tertiary/aromatic N) is 2. The van der Waals surface area contributed by atoms with Gasteiger partial charge in [-0.2, -0.15) is 0 Å². The first-order valence-corrected chi connectivity index (χ1v) is 10.4. The first-order valence-electron chi connectivity index (χ1n) is 9.14. The number of hydrogen-bond donors (Lipinski definition) is 2. The molecule has 1 aromatic heterocycles. The molecule has 0 saturated heterocycles. The number of halogens is 1. The largest absolute Gasteiger partial charge is 0.325 e. The second-order valence-electron chi connectivity index (χ2n) is 6.92. The van der Waals surface area contributed by atoms with Crippen LogP contribution in [-0.4, -0.2) is 22.5 Å². The molecule has 0 aliphatic carbocycles. The molecular weight excluding hydrogens is 392 g/mol. The number of anilines is 2. The van der Waals surface area contributed by atoms with Crippen LogP contribution < -0.4 is 10.6 Å². The van der Waals surface area contributed by atoms with Crippen molar-refractivity contribution in [2.75, 3.05) is 17.2 Å². The molecule has 7 heteroatoms. The van der Waals surface area contributed by atoms with Crippen LogP contribution >= 0.6 is 22.9 Å². The molecule has 2 heterocycles. The lowest BCUT2D eigenvalue weighted by Gasteiger charge is -2.27. The number of amides is 2. The van der Waals surface area contributed by atoms with Crippen molar-refractivity contribution in [1.29, 1.82) is 0 Å².